The summed E-state index contributed by atoms with van der Waals surface area (Å²) in [5.74, 6) is 0.0940. The molecule has 4 nitrogen and oxygen atoms in total. The van der Waals surface area contributed by atoms with Crippen LogP contribution in [0.25, 0.3) is 0 Å². The van der Waals surface area contributed by atoms with Gasteiger partial charge in [0.05, 0.1) is 5.02 Å². The van der Waals surface area contributed by atoms with Crippen LogP contribution in [0.5, 0.6) is 0 Å². The van der Waals surface area contributed by atoms with Crippen molar-refractivity contribution in [2.75, 3.05) is 18.8 Å². The van der Waals surface area contributed by atoms with Gasteiger partial charge in [-0.3, -0.25) is 9.59 Å². The molecule has 1 atom stereocenters. The van der Waals surface area contributed by atoms with Crippen LogP contribution in [-0.2, 0) is 9.59 Å². The summed E-state index contributed by atoms with van der Waals surface area (Å²) < 4.78 is 0. The molecule has 1 aliphatic rings. The summed E-state index contributed by atoms with van der Waals surface area (Å²) >= 11 is 7.63. The maximum Gasteiger partial charge on any atom is 0.303 e. The molecule has 0 aliphatic carbocycles. The second-order valence-corrected chi connectivity index (χ2v) is 6.67. The van der Waals surface area contributed by atoms with E-state index < -0.39 is 5.97 Å². The summed E-state index contributed by atoms with van der Waals surface area (Å²) in [6, 6.07) is 7.58. The summed E-state index contributed by atoms with van der Waals surface area (Å²) in [6.45, 7) is 1.25. The maximum absolute atomic E-state index is 12.1. The zero-order valence-corrected chi connectivity index (χ0v) is 13.2. The number of likely N-dealkylation sites (tertiary alicyclic amines) is 1. The molecule has 0 bridgehead atoms. The maximum atomic E-state index is 12.1. The molecule has 114 valence electrons. The summed E-state index contributed by atoms with van der Waals surface area (Å²) in [5.41, 5.74) is 0. The van der Waals surface area contributed by atoms with Gasteiger partial charge in [0.15, 0.2) is 0 Å². The van der Waals surface area contributed by atoms with Crippen molar-refractivity contribution in [3.05, 3.63) is 29.3 Å². The Kier molecular flexibility index (Phi) is 5.94. The van der Waals surface area contributed by atoms with Gasteiger partial charge in [-0.1, -0.05) is 23.7 Å². The summed E-state index contributed by atoms with van der Waals surface area (Å²) in [6.07, 6.45) is 1.39. The van der Waals surface area contributed by atoms with Crippen molar-refractivity contribution in [1.29, 1.82) is 0 Å². The Morgan fingerprint density at radius 1 is 1.38 bits per heavy atom. The fraction of sp³-hybridized carbons (Fsp3) is 0.467. The smallest absolute Gasteiger partial charge is 0.303 e. The molecule has 0 spiro atoms. The number of carbonyl (C=O) groups is 2. The van der Waals surface area contributed by atoms with E-state index in [1.807, 2.05) is 24.3 Å². The summed E-state index contributed by atoms with van der Waals surface area (Å²) in [5, 5.41) is 9.48. The van der Waals surface area contributed by atoms with Crippen molar-refractivity contribution in [2.45, 2.75) is 24.2 Å². The van der Waals surface area contributed by atoms with E-state index in [2.05, 4.69) is 0 Å². The topological polar surface area (TPSA) is 57.6 Å². The van der Waals surface area contributed by atoms with Crippen molar-refractivity contribution < 1.29 is 14.7 Å². The van der Waals surface area contributed by atoms with Crippen LogP contribution in [-0.4, -0.2) is 40.7 Å². The number of halogens is 1. The van der Waals surface area contributed by atoms with Crippen molar-refractivity contribution >= 4 is 35.2 Å². The highest BCUT2D eigenvalue weighted by Gasteiger charge is 2.27. The number of rotatable bonds is 6. The van der Waals surface area contributed by atoms with E-state index in [-0.39, 0.29) is 18.2 Å². The van der Waals surface area contributed by atoms with Crippen molar-refractivity contribution in [2.24, 2.45) is 5.92 Å². The molecule has 0 aromatic heterocycles. The Morgan fingerprint density at radius 2 is 2.14 bits per heavy atom. The number of carboxylic acid groups (broad SMARTS) is 1. The van der Waals surface area contributed by atoms with Crippen LogP contribution in [0.4, 0.5) is 0 Å². The fourth-order valence-corrected chi connectivity index (χ4v) is 3.62. The molecule has 1 aromatic rings. The summed E-state index contributed by atoms with van der Waals surface area (Å²) in [7, 11) is 0. The van der Waals surface area contributed by atoms with E-state index >= 15 is 0 Å². The van der Waals surface area contributed by atoms with Gasteiger partial charge in [-0.05, 0) is 24.5 Å². The SMILES string of the molecule is O=C(O)CC1CCN(C(=O)CCSc2ccccc2Cl)C1. The third kappa shape index (κ3) is 4.93. The lowest BCUT2D eigenvalue weighted by Gasteiger charge is -2.16. The van der Waals surface area contributed by atoms with Crippen LogP contribution in [0.1, 0.15) is 19.3 Å². The summed E-state index contributed by atoms with van der Waals surface area (Å²) in [4.78, 5) is 25.5. The van der Waals surface area contributed by atoms with E-state index in [1.54, 1.807) is 16.7 Å². The molecule has 1 amide bonds. The molecule has 1 aliphatic heterocycles. The lowest BCUT2D eigenvalue weighted by atomic mass is 10.1. The lowest BCUT2D eigenvalue weighted by Crippen LogP contribution is -2.29. The zero-order chi connectivity index (χ0) is 15.2. The highest BCUT2D eigenvalue weighted by molar-refractivity contribution is 7.99. The highest BCUT2D eigenvalue weighted by Crippen LogP contribution is 2.27. The predicted octanol–water partition coefficient (Wildman–Crippen LogP) is 3.15. The van der Waals surface area contributed by atoms with Gasteiger partial charge in [0.25, 0.3) is 0 Å². The number of nitrogens with zero attached hydrogens (tertiary/aromatic N) is 1. The van der Waals surface area contributed by atoms with Gasteiger partial charge < -0.3 is 10.0 Å². The molecule has 21 heavy (non-hydrogen) atoms. The lowest BCUT2D eigenvalue weighted by molar-refractivity contribution is -0.138. The second kappa shape index (κ2) is 7.71. The molecular weight excluding hydrogens is 310 g/mol. The van der Waals surface area contributed by atoms with E-state index in [0.717, 1.165) is 11.3 Å². The molecule has 1 N–H and O–H groups in total. The quantitative estimate of drug-likeness (QED) is 0.815. The number of hydrogen-bond donors (Lipinski definition) is 1. The molecule has 1 aromatic carbocycles. The molecule has 1 unspecified atom stereocenters. The van der Waals surface area contributed by atoms with E-state index in [9.17, 15) is 9.59 Å². The Hall–Kier alpha value is -1.20. The van der Waals surface area contributed by atoms with Gasteiger partial charge >= 0.3 is 5.97 Å². The van der Waals surface area contributed by atoms with Crippen LogP contribution < -0.4 is 0 Å². The zero-order valence-electron chi connectivity index (χ0n) is 11.6. The second-order valence-electron chi connectivity index (χ2n) is 5.12. The van der Waals surface area contributed by atoms with Gasteiger partial charge in [0.1, 0.15) is 0 Å². The Balaban J connectivity index is 1.73. The van der Waals surface area contributed by atoms with Crippen LogP contribution in [0, 0.1) is 5.92 Å². The van der Waals surface area contributed by atoms with E-state index in [1.165, 1.54) is 0 Å². The predicted molar refractivity (Wildman–Crippen MR) is 83.7 cm³/mol. The minimum absolute atomic E-state index is 0.0995. The Labute approximate surface area is 133 Å². The van der Waals surface area contributed by atoms with Gasteiger partial charge in [-0.15, -0.1) is 11.8 Å². The van der Waals surface area contributed by atoms with Crippen molar-refractivity contribution in [3.63, 3.8) is 0 Å². The standard InChI is InChI=1S/C15H18ClNO3S/c16-12-3-1-2-4-13(12)21-8-6-14(18)17-7-5-11(10-17)9-15(19)20/h1-4,11H,5-10H2,(H,19,20). The molecule has 0 saturated carbocycles. The molecule has 2 rings (SSSR count). The number of amides is 1. The number of benzene rings is 1. The average Bonchev–Trinajstić information content (AvgIpc) is 2.88. The first-order valence-electron chi connectivity index (χ1n) is 6.93. The Morgan fingerprint density at radius 3 is 2.86 bits per heavy atom. The van der Waals surface area contributed by atoms with E-state index in [0.29, 0.717) is 30.3 Å². The van der Waals surface area contributed by atoms with Crippen LogP contribution >= 0.6 is 23.4 Å². The van der Waals surface area contributed by atoms with E-state index in [4.69, 9.17) is 16.7 Å². The molecule has 0 radical (unpaired) electrons. The first kappa shape index (κ1) is 16.2. The minimum Gasteiger partial charge on any atom is -0.481 e. The monoisotopic (exact) mass is 327 g/mol. The molecule has 1 fully saturated rings. The third-order valence-electron chi connectivity index (χ3n) is 3.51. The number of thioether (sulfide) groups is 1. The largest absolute Gasteiger partial charge is 0.481 e. The molecule has 1 heterocycles. The van der Waals surface area contributed by atoms with Gasteiger partial charge in [-0.25, -0.2) is 0 Å². The van der Waals surface area contributed by atoms with Gasteiger partial charge in [0, 0.05) is 36.6 Å². The Bertz CT molecular complexity index is 523. The van der Waals surface area contributed by atoms with Crippen LogP contribution in [0.15, 0.2) is 29.2 Å². The van der Waals surface area contributed by atoms with Gasteiger partial charge in [-0.2, -0.15) is 0 Å². The first-order chi connectivity index (χ1) is 10.1. The number of carboxylic acids is 1. The molecular formula is C15H18ClNO3S. The normalized spacial score (nSPS) is 18.0. The van der Waals surface area contributed by atoms with Crippen LogP contribution in [0.3, 0.4) is 0 Å². The van der Waals surface area contributed by atoms with Crippen molar-refractivity contribution in [3.8, 4) is 0 Å². The molecule has 1 saturated heterocycles. The number of hydrogen-bond acceptors (Lipinski definition) is 3. The number of aliphatic carboxylic acids is 1. The average molecular weight is 328 g/mol. The first-order valence-corrected chi connectivity index (χ1v) is 8.29. The van der Waals surface area contributed by atoms with Gasteiger partial charge in [0.2, 0.25) is 5.91 Å². The highest BCUT2D eigenvalue weighted by atomic mass is 35.5. The fourth-order valence-electron chi connectivity index (χ4n) is 2.44. The van der Waals surface area contributed by atoms with Crippen LogP contribution in [0.2, 0.25) is 5.02 Å². The van der Waals surface area contributed by atoms with Crippen molar-refractivity contribution in [1.82, 2.24) is 4.90 Å². The number of carbonyl (C=O) groups excluding carboxylic acids is 1. The third-order valence-corrected chi connectivity index (χ3v) is 5.03. The molecule has 6 heteroatoms. The minimum atomic E-state index is -0.788.